The maximum Gasteiger partial charge on any atom is 0.232 e. The van der Waals surface area contributed by atoms with E-state index in [0.717, 1.165) is 54.3 Å². The highest BCUT2D eigenvalue weighted by molar-refractivity contribution is 7.99. The number of benzene rings is 1. The van der Waals surface area contributed by atoms with Crippen LogP contribution >= 0.6 is 11.8 Å². The van der Waals surface area contributed by atoms with Crippen molar-refractivity contribution in [3.63, 3.8) is 0 Å². The largest absolute Gasteiger partial charge is 0.371 e. The highest BCUT2D eigenvalue weighted by atomic mass is 32.2. The Morgan fingerprint density at radius 3 is 2.52 bits per heavy atom. The van der Waals surface area contributed by atoms with E-state index in [0.29, 0.717) is 5.75 Å². The summed E-state index contributed by atoms with van der Waals surface area (Å²) >= 11 is 1.58. The number of hydrogen-bond acceptors (Lipinski definition) is 7. The summed E-state index contributed by atoms with van der Waals surface area (Å²) in [7, 11) is 1.84. The van der Waals surface area contributed by atoms with Crippen LogP contribution < -0.4 is 10.2 Å². The van der Waals surface area contributed by atoms with E-state index in [9.17, 15) is 4.79 Å². The number of thioether (sulfide) groups is 1. The second-order valence-electron chi connectivity index (χ2n) is 6.88. The molecule has 1 aromatic carbocycles. The molecule has 1 aliphatic heterocycles. The predicted molar refractivity (Wildman–Crippen MR) is 119 cm³/mol. The zero-order chi connectivity index (χ0) is 20.2. The first kappa shape index (κ1) is 19.4. The number of pyridine rings is 1. The molecular formula is C21H24N6OS. The lowest BCUT2D eigenvalue weighted by atomic mass is 10.1. The van der Waals surface area contributed by atoms with E-state index in [2.05, 4.69) is 44.5 Å². The van der Waals surface area contributed by atoms with Crippen LogP contribution in [0, 0.1) is 0 Å². The first-order valence-electron chi connectivity index (χ1n) is 9.61. The van der Waals surface area contributed by atoms with E-state index in [1.165, 1.54) is 5.69 Å². The van der Waals surface area contributed by atoms with E-state index in [4.69, 9.17) is 4.98 Å². The summed E-state index contributed by atoms with van der Waals surface area (Å²) in [6.07, 6.45) is 5.33. The van der Waals surface area contributed by atoms with Crippen molar-refractivity contribution in [3.05, 3.63) is 42.7 Å². The number of fused-ring (bicyclic) bond motifs is 1. The van der Waals surface area contributed by atoms with Crippen LogP contribution in [0.3, 0.4) is 0 Å². The molecule has 1 saturated heterocycles. The maximum atomic E-state index is 12.1. The molecule has 29 heavy (non-hydrogen) atoms. The highest BCUT2D eigenvalue weighted by Gasteiger charge is 2.21. The van der Waals surface area contributed by atoms with Gasteiger partial charge in [0.2, 0.25) is 5.91 Å². The molecule has 0 spiro atoms. The number of carbonyl (C=O) groups excluding carboxylic acids is 1. The number of amides is 1. The molecule has 0 atom stereocenters. The minimum atomic E-state index is 0.235. The number of hydrogen-bond donors (Lipinski definition) is 1. The average Bonchev–Trinajstić information content (AvgIpc) is 2.78. The molecule has 0 aliphatic carbocycles. The quantitative estimate of drug-likeness (QED) is 0.696. The molecule has 1 aliphatic rings. The third-order valence-corrected chi connectivity index (χ3v) is 5.66. The number of rotatable bonds is 5. The van der Waals surface area contributed by atoms with Crippen molar-refractivity contribution in [3.8, 4) is 11.3 Å². The van der Waals surface area contributed by atoms with Crippen LogP contribution in [0.4, 0.5) is 11.5 Å². The molecule has 7 nitrogen and oxygen atoms in total. The fraction of sp³-hybridized carbons (Fsp3) is 0.333. The lowest BCUT2D eigenvalue weighted by Crippen LogP contribution is -2.49. The molecular weight excluding hydrogens is 384 g/mol. The number of carbonyl (C=O) groups is 1. The molecule has 8 heteroatoms. The summed E-state index contributed by atoms with van der Waals surface area (Å²) in [5, 5.41) is 3.11. The van der Waals surface area contributed by atoms with Gasteiger partial charge in [0.15, 0.2) is 5.82 Å². The number of anilines is 2. The van der Waals surface area contributed by atoms with Gasteiger partial charge in [0.1, 0.15) is 5.52 Å². The van der Waals surface area contributed by atoms with Crippen molar-refractivity contribution in [2.45, 2.75) is 0 Å². The van der Waals surface area contributed by atoms with Gasteiger partial charge in [0.05, 0.1) is 17.0 Å². The number of nitrogens with zero attached hydrogens (tertiary/aromatic N) is 5. The second-order valence-corrected chi connectivity index (χ2v) is 7.74. The van der Waals surface area contributed by atoms with Crippen LogP contribution in [-0.4, -0.2) is 71.0 Å². The summed E-state index contributed by atoms with van der Waals surface area (Å²) in [5.74, 6) is 1.52. The number of nitrogens with one attached hydrogen (secondary N) is 1. The smallest absolute Gasteiger partial charge is 0.232 e. The Bertz CT molecular complexity index is 1000. The minimum Gasteiger partial charge on any atom is -0.371 e. The molecule has 0 saturated carbocycles. The van der Waals surface area contributed by atoms with Crippen molar-refractivity contribution < 1.29 is 4.79 Å². The standard InChI is InChI=1S/C21H24N6OS/c1-22-21-20-18(23-7-8-24-20)13-17(25-21)15-3-5-16(6-4-15)26-9-11-27(12-10-26)19(28)14-29-2/h3-8,13H,9-12,14H2,1-2H3,(H,22,25). The molecule has 3 heterocycles. The van der Waals surface area contributed by atoms with Crippen LogP contribution in [-0.2, 0) is 4.79 Å². The van der Waals surface area contributed by atoms with E-state index >= 15 is 0 Å². The van der Waals surface area contributed by atoms with Crippen molar-refractivity contribution in [1.29, 1.82) is 0 Å². The Hall–Kier alpha value is -2.87. The SMILES string of the molecule is CNc1nc(-c2ccc(N3CCN(C(=O)CSC)CC3)cc2)cc2nccnc12. The van der Waals surface area contributed by atoms with Gasteiger partial charge in [-0.25, -0.2) is 9.97 Å². The van der Waals surface area contributed by atoms with Crippen LogP contribution in [0.5, 0.6) is 0 Å². The van der Waals surface area contributed by atoms with Gasteiger partial charge < -0.3 is 15.1 Å². The van der Waals surface area contributed by atoms with Crippen LogP contribution in [0.15, 0.2) is 42.7 Å². The number of piperazine rings is 1. The first-order valence-corrected chi connectivity index (χ1v) is 11.0. The van der Waals surface area contributed by atoms with Crippen LogP contribution in [0.1, 0.15) is 0 Å². The summed E-state index contributed by atoms with van der Waals surface area (Å²) in [5.41, 5.74) is 4.65. The van der Waals surface area contributed by atoms with Crippen molar-refractivity contribution >= 4 is 40.2 Å². The third kappa shape index (κ3) is 4.12. The highest BCUT2D eigenvalue weighted by Crippen LogP contribution is 2.27. The predicted octanol–water partition coefficient (Wildman–Crippen LogP) is 2.75. The average molecular weight is 409 g/mol. The molecule has 1 N–H and O–H groups in total. The topological polar surface area (TPSA) is 74.2 Å². The minimum absolute atomic E-state index is 0.235. The van der Waals surface area contributed by atoms with Gasteiger partial charge in [-0.1, -0.05) is 12.1 Å². The summed E-state index contributed by atoms with van der Waals surface area (Å²) in [6, 6.07) is 10.4. The van der Waals surface area contributed by atoms with Gasteiger partial charge in [0.25, 0.3) is 0 Å². The molecule has 0 bridgehead atoms. The molecule has 150 valence electrons. The molecule has 0 radical (unpaired) electrons. The van der Waals surface area contributed by atoms with E-state index in [1.54, 1.807) is 24.2 Å². The summed E-state index contributed by atoms with van der Waals surface area (Å²) in [6.45, 7) is 3.26. The first-order chi connectivity index (χ1) is 14.2. The zero-order valence-corrected chi connectivity index (χ0v) is 17.4. The molecule has 2 aromatic heterocycles. The molecule has 4 rings (SSSR count). The Balaban J connectivity index is 1.50. The van der Waals surface area contributed by atoms with Crippen molar-refractivity contribution in [2.75, 3.05) is 55.5 Å². The monoisotopic (exact) mass is 408 g/mol. The van der Waals surface area contributed by atoms with Gasteiger partial charge in [-0.2, -0.15) is 11.8 Å². The third-order valence-electron chi connectivity index (χ3n) is 5.12. The van der Waals surface area contributed by atoms with Gasteiger partial charge in [-0.15, -0.1) is 0 Å². The van der Waals surface area contributed by atoms with Crippen molar-refractivity contribution in [1.82, 2.24) is 19.9 Å². The Morgan fingerprint density at radius 1 is 1.10 bits per heavy atom. The molecule has 0 unspecified atom stereocenters. The second kappa shape index (κ2) is 8.65. The van der Waals surface area contributed by atoms with E-state index in [-0.39, 0.29) is 5.91 Å². The summed E-state index contributed by atoms with van der Waals surface area (Å²) < 4.78 is 0. The summed E-state index contributed by atoms with van der Waals surface area (Å²) in [4.78, 5) is 29.8. The Kier molecular flexibility index (Phi) is 5.80. The lowest BCUT2D eigenvalue weighted by molar-refractivity contribution is -0.128. The fourth-order valence-electron chi connectivity index (χ4n) is 3.57. The maximum absolute atomic E-state index is 12.1. The van der Waals surface area contributed by atoms with E-state index in [1.807, 2.05) is 24.3 Å². The fourth-order valence-corrected chi connectivity index (χ4v) is 4.00. The van der Waals surface area contributed by atoms with Gasteiger partial charge in [0, 0.05) is 56.9 Å². The lowest BCUT2D eigenvalue weighted by Gasteiger charge is -2.36. The number of aromatic nitrogens is 3. The van der Waals surface area contributed by atoms with E-state index < -0.39 is 0 Å². The zero-order valence-electron chi connectivity index (χ0n) is 16.6. The normalized spacial score (nSPS) is 14.3. The van der Waals surface area contributed by atoms with Crippen LogP contribution in [0.25, 0.3) is 22.3 Å². The Labute approximate surface area is 174 Å². The molecule has 3 aromatic rings. The van der Waals surface area contributed by atoms with Gasteiger partial charge >= 0.3 is 0 Å². The van der Waals surface area contributed by atoms with Gasteiger partial charge in [-0.3, -0.25) is 9.78 Å². The Morgan fingerprint density at radius 2 is 1.83 bits per heavy atom. The van der Waals surface area contributed by atoms with Crippen molar-refractivity contribution in [2.24, 2.45) is 0 Å². The van der Waals surface area contributed by atoms with Gasteiger partial charge in [-0.05, 0) is 24.5 Å². The van der Waals surface area contributed by atoms with Crippen LogP contribution in [0.2, 0.25) is 0 Å². The molecule has 1 fully saturated rings. The molecule has 1 amide bonds.